The van der Waals surface area contributed by atoms with Crippen LogP contribution in [0.5, 0.6) is 0 Å². The number of nitrogens with zero attached hydrogens (tertiary/aromatic N) is 1. The van der Waals surface area contributed by atoms with Crippen molar-refractivity contribution in [2.75, 3.05) is 4.90 Å². The summed E-state index contributed by atoms with van der Waals surface area (Å²) < 4.78 is 2.61. The maximum atomic E-state index is 2.39. The Labute approximate surface area is 284 Å². The number of fused-ring (bicyclic) bond motifs is 4. The number of hydrogen-bond acceptors (Lipinski definition) is 2. The number of rotatable bonds is 6. The Morgan fingerprint density at radius 3 is 1.75 bits per heavy atom. The molecule has 0 aliphatic heterocycles. The van der Waals surface area contributed by atoms with Gasteiger partial charge in [0.1, 0.15) is 0 Å². The molecule has 0 saturated carbocycles. The van der Waals surface area contributed by atoms with E-state index in [1.54, 1.807) is 0 Å². The summed E-state index contributed by atoms with van der Waals surface area (Å²) in [4.78, 5) is 2.39. The smallest absolute Gasteiger partial charge is 0.0476 e. The first-order chi connectivity index (χ1) is 23.8. The van der Waals surface area contributed by atoms with Gasteiger partial charge in [-0.05, 0) is 92.7 Å². The van der Waals surface area contributed by atoms with Gasteiger partial charge in [0, 0.05) is 37.2 Å². The van der Waals surface area contributed by atoms with Crippen LogP contribution in [0, 0.1) is 0 Å². The van der Waals surface area contributed by atoms with Crippen LogP contribution in [0.25, 0.3) is 64.3 Å². The van der Waals surface area contributed by atoms with Crippen molar-refractivity contribution in [2.24, 2.45) is 0 Å². The van der Waals surface area contributed by atoms with Crippen LogP contribution < -0.4 is 4.90 Å². The molecule has 0 aliphatic rings. The summed E-state index contributed by atoms with van der Waals surface area (Å²) in [5, 5.41) is 5.13. The van der Waals surface area contributed by atoms with Gasteiger partial charge < -0.3 is 4.90 Å². The molecule has 0 atom stereocenters. The van der Waals surface area contributed by atoms with Gasteiger partial charge in [-0.1, -0.05) is 140 Å². The molecule has 0 fully saturated rings. The highest BCUT2D eigenvalue weighted by Crippen LogP contribution is 2.42. The lowest BCUT2D eigenvalue weighted by molar-refractivity contribution is 1.29. The van der Waals surface area contributed by atoms with Gasteiger partial charge in [0.25, 0.3) is 0 Å². The summed E-state index contributed by atoms with van der Waals surface area (Å²) >= 11 is 1.86. The molecule has 0 unspecified atom stereocenters. The molecule has 0 aliphatic carbocycles. The van der Waals surface area contributed by atoms with Crippen molar-refractivity contribution in [3.05, 3.63) is 188 Å². The zero-order chi connectivity index (χ0) is 31.9. The van der Waals surface area contributed by atoms with Crippen LogP contribution in [0.15, 0.2) is 188 Å². The fraction of sp³-hybridized carbons (Fsp3) is 0. The van der Waals surface area contributed by atoms with E-state index in [0.29, 0.717) is 0 Å². The highest BCUT2D eigenvalue weighted by atomic mass is 32.1. The molecule has 1 aromatic heterocycles. The van der Waals surface area contributed by atoms with E-state index in [1.165, 1.54) is 64.3 Å². The number of benzene rings is 8. The van der Waals surface area contributed by atoms with Crippen molar-refractivity contribution < 1.29 is 0 Å². The molecule has 9 rings (SSSR count). The van der Waals surface area contributed by atoms with Crippen LogP contribution in [0.3, 0.4) is 0 Å². The first-order valence-corrected chi connectivity index (χ1v) is 17.2. The van der Waals surface area contributed by atoms with Gasteiger partial charge in [-0.3, -0.25) is 0 Å². The van der Waals surface area contributed by atoms with E-state index in [-0.39, 0.29) is 0 Å². The maximum Gasteiger partial charge on any atom is 0.0476 e. The normalized spacial score (nSPS) is 11.3. The summed E-state index contributed by atoms with van der Waals surface area (Å²) in [6.07, 6.45) is 0. The Morgan fingerprint density at radius 1 is 0.312 bits per heavy atom. The molecule has 0 N–H and O–H groups in total. The van der Waals surface area contributed by atoms with Crippen molar-refractivity contribution in [1.82, 2.24) is 0 Å². The number of thiophene rings is 1. The summed E-state index contributed by atoms with van der Waals surface area (Å²) in [5.41, 5.74) is 10.7. The van der Waals surface area contributed by atoms with Crippen molar-refractivity contribution in [2.45, 2.75) is 0 Å². The molecule has 0 spiro atoms. The summed E-state index contributed by atoms with van der Waals surface area (Å²) in [6.45, 7) is 0. The van der Waals surface area contributed by atoms with Gasteiger partial charge in [-0.15, -0.1) is 11.3 Å². The van der Waals surface area contributed by atoms with Crippen LogP contribution in [0.2, 0.25) is 0 Å². The van der Waals surface area contributed by atoms with Crippen molar-refractivity contribution in [3.63, 3.8) is 0 Å². The van der Waals surface area contributed by atoms with E-state index < -0.39 is 0 Å². The third-order valence-corrected chi connectivity index (χ3v) is 10.4. The fourth-order valence-electron chi connectivity index (χ4n) is 6.90. The van der Waals surface area contributed by atoms with Crippen molar-refractivity contribution >= 4 is 59.3 Å². The lowest BCUT2D eigenvalue weighted by Crippen LogP contribution is -2.10. The monoisotopic (exact) mass is 629 g/mol. The molecule has 1 heterocycles. The Hall–Kier alpha value is -5.96. The summed E-state index contributed by atoms with van der Waals surface area (Å²) in [7, 11) is 0. The van der Waals surface area contributed by atoms with Crippen molar-refractivity contribution in [3.8, 4) is 33.4 Å². The first-order valence-electron chi connectivity index (χ1n) is 16.3. The Bertz CT molecular complexity index is 2560. The molecule has 226 valence electrons. The number of hydrogen-bond donors (Lipinski definition) is 0. The van der Waals surface area contributed by atoms with Gasteiger partial charge in [-0.2, -0.15) is 0 Å². The van der Waals surface area contributed by atoms with E-state index in [9.17, 15) is 0 Å². The topological polar surface area (TPSA) is 3.24 Å². The second kappa shape index (κ2) is 12.0. The predicted molar refractivity (Wildman–Crippen MR) is 208 cm³/mol. The quantitative estimate of drug-likeness (QED) is 0.177. The van der Waals surface area contributed by atoms with Gasteiger partial charge in [0.15, 0.2) is 0 Å². The van der Waals surface area contributed by atoms with E-state index in [2.05, 4.69) is 193 Å². The first kappa shape index (κ1) is 28.3. The number of anilines is 3. The van der Waals surface area contributed by atoms with Gasteiger partial charge in [0.2, 0.25) is 0 Å². The largest absolute Gasteiger partial charge is 0.310 e. The minimum Gasteiger partial charge on any atom is -0.310 e. The van der Waals surface area contributed by atoms with Crippen LogP contribution >= 0.6 is 11.3 Å². The molecule has 0 radical (unpaired) electrons. The third-order valence-electron chi connectivity index (χ3n) is 9.25. The summed E-state index contributed by atoms with van der Waals surface area (Å²) in [6, 6.07) is 68.2. The Morgan fingerprint density at radius 2 is 0.896 bits per heavy atom. The van der Waals surface area contributed by atoms with Crippen molar-refractivity contribution in [1.29, 1.82) is 0 Å². The molecule has 1 nitrogen and oxygen atoms in total. The molecule has 8 aromatic carbocycles. The average Bonchev–Trinajstić information content (AvgIpc) is 3.53. The lowest BCUT2D eigenvalue weighted by Gasteiger charge is -2.26. The molecule has 48 heavy (non-hydrogen) atoms. The Kier molecular flexibility index (Phi) is 7.07. The van der Waals surface area contributed by atoms with Crippen LogP contribution in [0.4, 0.5) is 17.1 Å². The highest BCUT2D eigenvalue weighted by molar-refractivity contribution is 7.25. The molecular weight excluding hydrogens is 599 g/mol. The molecular formula is C46H31NS. The van der Waals surface area contributed by atoms with E-state index in [1.807, 2.05) is 11.3 Å². The molecule has 0 amide bonds. The molecule has 0 bridgehead atoms. The van der Waals surface area contributed by atoms with Crippen LogP contribution in [-0.2, 0) is 0 Å². The average molecular weight is 630 g/mol. The second-order valence-electron chi connectivity index (χ2n) is 12.2. The van der Waals surface area contributed by atoms with E-state index >= 15 is 0 Å². The van der Waals surface area contributed by atoms with Crippen LogP contribution in [0.1, 0.15) is 0 Å². The van der Waals surface area contributed by atoms with E-state index in [0.717, 1.165) is 17.1 Å². The SMILES string of the molecule is c1ccc(-c2cccc(-c3ccc(N(c4cccc(-c5cccc6ccccc56)c4)c4ccc5c(c4)sc4ccccc45)cc3)c2)cc1. The Balaban J connectivity index is 1.17. The fourth-order valence-corrected chi connectivity index (χ4v) is 8.04. The third kappa shape index (κ3) is 5.13. The standard InChI is InChI=1S/C46H31NS/c1-2-11-32(12-3-1)35-15-8-16-36(29-35)33-23-25-38(26-24-33)47(40-27-28-44-43-20-6-7-22-45(43)48-46(44)31-40)39-18-9-17-37(30-39)42-21-10-14-34-13-4-5-19-41(34)42/h1-31H. The maximum absolute atomic E-state index is 2.39. The molecule has 0 saturated heterocycles. The minimum atomic E-state index is 1.12. The minimum absolute atomic E-state index is 1.12. The molecule has 2 heteroatoms. The highest BCUT2D eigenvalue weighted by Gasteiger charge is 2.16. The zero-order valence-corrected chi connectivity index (χ0v) is 27.1. The second-order valence-corrected chi connectivity index (χ2v) is 13.3. The zero-order valence-electron chi connectivity index (χ0n) is 26.3. The molecule has 9 aromatic rings. The predicted octanol–water partition coefficient (Wildman–Crippen LogP) is 13.7. The van der Waals surface area contributed by atoms with Gasteiger partial charge in [-0.25, -0.2) is 0 Å². The van der Waals surface area contributed by atoms with E-state index in [4.69, 9.17) is 0 Å². The lowest BCUT2D eigenvalue weighted by atomic mass is 9.97. The van der Waals surface area contributed by atoms with Gasteiger partial charge in [0.05, 0.1) is 0 Å². The summed E-state index contributed by atoms with van der Waals surface area (Å²) in [5.74, 6) is 0. The van der Waals surface area contributed by atoms with Gasteiger partial charge >= 0.3 is 0 Å². The van der Waals surface area contributed by atoms with Crippen LogP contribution in [-0.4, -0.2) is 0 Å².